The number of Topliss-reactive ketones (excluding diaryl/α,β-unsaturated/α-hetero) is 2. The molecule has 2 rings (SSSR count). The number of ketones is 2. The highest BCUT2D eigenvalue weighted by atomic mass is 16.6. The van der Waals surface area contributed by atoms with Crippen molar-refractivity contribution in [2.24, 2.45) is 0 Å². The zero-order valence-corrected chi connectivity index (χ0v) is 14.2. The van der Waals surface area contributed by atoms with E-state index < -0.39 is 12.1 Å². The molecule has 5 nitrogen and oxygen atoms in total. The van der Waals surface area contributed by atoms with Gasteiger partial charge in [0.25, 0.3) is 0 Å². The second-order valence-corrected chi connectivity index (χ2v) is 5.45. The topological polar surface area (TPSA) is 69.7 Å². The fourth-order valence-electron chi connectivity index (χ4n) is 2.21. The van der Waals surface area contributed by atoms with Gasteiger partial charge in [-0.05, 0) is 31.2 Å². The summed E-state index contributed by atoms with van der Waals surface area (Å²) in [5.41, 5.74) is 1.08. The number of carbonyl (C=O) groups is 3. The minimum atomic E-state index is -0.886. The second kappa shape index (κ2) is 8.78. The van der Waals surface area contributed by atoms with Gasteiger partial charge in [-0.15, -0.1) is 0 Å². The van der Waals surface area contributed by atoms with Crippen LogP contribution in [0.3, 0.4) is 0 Å². The molecule has 0 aliphatic rings. The molecule has 0 bridgehead atoms. The number of carbonyl (C=O) groups excluding carboxylic acids is 3. The molecule has 25 heavy (non-hydrogen) atoms. The Hall–Kier alpha value is -2.95. The van der Waals surface area contributed by atoms with Crippen molar-refractivity contribution in [3.05, 3.63) is 65.7 Å². The summed E-state index contributed by atoms with van der Waals surface area (Å²) in [5.74, 6) is -0.410. The van der Waals surface area contributed by atoms with Gasteiger partial charge in [0.15, 0.2) is 18.5 Å². The van der Waals surface area contributed by atoms with E-state index in [2.05, 4.69) is 0 Å². The van der Waals surface area contributed by atoms with Gasteiger partial charge < -0.3 is 9.47 Å². The van der Waals surface area contributed by atoms with Crippen molar-refractivity contribution in [3.63, 3.8) is 0 Å². The van der Waals surface area contributed by atoms with Crippen molar-refractivity contribution in [2.45, 2.75) is 26.4 Å². The SMILES string of the molecule is CCC(=O)c1ccc(OCC(=O)OC(C)C(=O)c2ccccc2)cc1. The fraction of sp³-hybridized carbons (Fsp3) is 0.250. The van der Waals surface area contributed by atoms with Crippen LogP contribution in [-0.2, 0) is 9.53 Å². The summed E-state index contributed by atoms with van der Waals surface area (Å²) < 4.78 is 10.4. The van der Waals surface area contributed by atoms with Crippen LogP contribution in [0.5, 0.6) is 5.75 Å². The molecule has 0 amide bonds. The Kier molecular flexibility index (Phi) is 6.46. The van der Waals surface area contributed by atoms with E-state index in [1.165, 1.54) is 6.92 Å². The average molecular weight is 340 g/mol. The third-order valence-corrected chi connectivity index (χ3v) is 3.59. The Balaban J connectivity index is 1.84. The van der Waals surface area contributed by atoms with Crippen molar-refractivity contribution >= 4 is 17.5 Å². The van der Waals surface area contributed by atoms with Crippen LogP contribution >= 0.6 is 0 Å². The van der Waals surface area contributed by atoms with E-state index in [4.69, 9.17) is 9.47 Å². The Morgan fingerprint density at radius 1 is 0.920 bits per heavy atom. The first kappa shape index (κ1) is 18.4. The zero-order chi connectivity index (χ0) is 18.2. The van der Waals surface area contributed by atoms with Crippen LogP contribution in [-0.4, -0.2) is 30.2 Å². The lowest BCUT2D eigenvalue weighted by Crippen LogP contribution is -2.27. The second-order valence-electron chi connectivity index (χ2n) is 5.45. The lowest BCUT2D eigenvalue weighted by molar-refractivity contribution is -0.148. The van der Waals surface area contributed by atoms with Gasteiger partial charge in [-0.1, -0.05) is 37.3 Å². The normalized spacial score (nSPS) is 11.4. The Bertz CT molecular complexity index is 734. The lowest BCUT2D eigenvalue weighted by atomic mass is 10.1. The maximum Gasteiger partial charge on any atom is 0.344 e. The average Bonchev–Trinajstić information content (AvgIpc) is 2.66. The summed E-state index contributed by atoms with van der Waals surface area (Å²) in [6.07, 6.45) is -0.456. The van der Waals surface area contributed by atoms with Crippen LogP contribution in [0.1, 0.15) is 41.0 Å². The van der Waals surface area contributed by atoms with Gasteiger partial charge in [0.05, 0.1) is 0 Å². The molecule has 2 aromatic rings. The van der Waals surface area contributed by atoms with Gasteiger partial charge >= 0.3 is 5.97 Å². The van der Waals surface area contributed by atoms with Crippen LogP contribution in [0, 0.1) is 0 Å². The Labute approximate surface area is 146 Å². The van der Waals surface area contributed by atoms with Crippen LogP contribution < -0.4 is 4.74 Å². The number of ether oxygens (including phenoxy) is 2. The molecule has 0 N–H and O–H groups in total. The predicted octanol–water partition coefficient (Wildman–Crippen LogP) is 3.47. The van der Waals surface area contributed by atoms with Gasteiger partial charge in [0.1, 0.15) is 5.75 Å². The lowest BCUT2D eigenvalue weighted by Gasteiger charge is -2.13. The maximum absolute atomic E-state index is 12.1. The number of hydrogen-bond donors (Lipinski definition) is 0. The molecule has 0 aliphatic heterocycles. The van der Waals surface area contributed by atoms with Gasteiger partial charge in [-0.3, -0.25) is 9.59 Å². The van der Waals surface area contributed by atoms with Gasteiger partial charge in [0, 0.05) is 17.5 Å². The summed E-state index contributed by atoms with van der Waals surface area (Å²) in [6, 6.07) is 15.2. The standard InChI is InChI=1S/C20H20O5/c1-3-18(21)15-9-11-17(12-10-15)24-13-19(22)25-14(2)20(23)16-7-5-4-6-8-16/h4-12,14H,3,13H2,1-2H3. The van der Waals surface area contributed by atoms with E-state index in [0.29, 0.717) is 23.3 Å². The van der Waals surface area contributed by atoms with Crippen molar-refractivity contribution in [3.8, 4) is 5.75 Å². The first-order valence-electron chi connectivity index (χ1n) is 8.06. The van der Waals surface area contributed by atoms with Crippen LogP contribution in [0.2, 0.25) is 0 Å². The number of esters is 1. The highest BCUT2D eigenvalue weighted by Crippen LogP contribution is 2.14. The largest absolute Gasteiger partial charge is 0.482 e. The fourth-order valence-corrected chi connectivity index (χ4v) is 2.21. The molecule has 0 saturated heterocycles. The highest BCUT2D eigenvalue weighted by molar-refractivity contribution is 6.00. The summed E-state index contributed by atoms with van der Waals surface area (Å²) in [4.78, 5) is 35.5. The quantitative estimate of drug-likeness (QED) is 0.543. The molecule has 0 saturated carbocycles. The monoisotopic (exact) mass is 340 g/mol. The summed E-state index contributed by atoms with van der Waals surface area (Å²) in [5, 5.41) is 0. The highest BCUT2D eigenvalue weighted by Gasteiger charge is 2.19. The van der Waals surface area contributed by atoms with Crippen LogP contribution in [0.25, 0.3) is 0 Å². The van der Waals surface area contributed by atoms with Gasteiger partial charge in [0.2, 0.25) is 5.78 Å². The van der Waals surface area contributed by atoms with E-state index in [1.54, 1.807) is 61.5 Å². The molecule has 5 heteroatoms. The molecule has 1 unspecified atom stereocenters. The predicted molar refractivity (Wildman–Crippen MR) is 92.9 cm³/mol. The van der Waals surface area contributed by atoms with Crippen molar-refractivity contribution < 1.29 is 23.9 Å². The van der Waals surface area contributed by atoms with E-state index in [9.17, 15) is 14.4 Å². The van der Waals surface area contributed by atoms with Gasteiger partial charge in [-0.25, -0.2) is 4.79 Å². The molecule has 0 aromatic heterocycles. The van der Waals surface area contributed by atoms with Crippen molar-refractivity contribution in [1.82, 2.24) is 0 Å². The Morgan fingerprint density at radius 2 is 1.56 bits per heavy atom. The molecule has 0 radical (unpaired) electrons. The number of benzene rings is 2. The number of rotatable bonds is 8. The maximum atomic E-state index is 12.1. The minimum Gasteiger partial charge on any atom is -0.482 e. The zero-order valence-electron chi connectivity index (χ0n) is 14.2. The van der Waals surface area contributed by atoms with Crippen molar-refractivity contribution in [1.29, 1.82) is 0 Å². The molecule has 0 aliphatic carbocycles. The molecule has 2 aromatic carbocycles. The van der Waals surface area contributed by atoms with Crippen molar-refractivity contribution in [2.75, 3.05) is 6.61 Å². The summed E-state index contributed by atoms with van der Waals surface area (Å²) in [6.45, 7) is 3.01. The Morgan fingerprint density at radius 3 is 2.16 bits per heavy atom. The molecule has 0 heterocycles. The number of hydrogen-bond acceptors (Lipinski definition) is 5. The van der Waals surface area contributed by atoms with E-state index in [-0.39, 0.29) is 18.2 Å². The molecule has 0 fully saturated rings. The molecular weight excluding hydrogens is 320 g/mol. The smallest absolute Gasteiger partial charge is 0.344 e. The van der Waals surface area contributed by atoms with Crippen LogP contribution in [0.15, 0.2) is 54.6 Å². The first-order chi connectivity index (χ1) is 12.0. The summed E-state index contributed by atoms with van der Waals surface area (Å²) >= 11 is 0. The van der Waals surface area contributed by atoms with E-state index >= 15 is 0 Å². The van der Waals surface area contributed by atoms with Crippen LogP contribution in [0.4, 0.5) is 0 Å². The molecule has 0 spiro atoms. The third-order valence-electron chi connectivity index (χ3n) is 3.59. The molecular formula is C20H20O5. The first-order valence-corrected chi connectivity index (χ1v) is 8.06. The van der Waals surface area contributed by atoms with E-state index in [0.717, 1.165) is 0 Å². The molecule has 130 valence electrons. The van der Waals surface area contributed by atoms with Gasteiger partial charge in [-0.2, -0.15) is 0 Å². The van der Waals surface area contributed by atoms with E-state index in [1.807, 2.05) is 0 Å². The molecule has 1 atom stereocenters. The third kappa shape index (κ3) is 5.28. The minimum absolute atomic E-state index is 0.0409. The summed E-state index contributed by atoms with van der Waals surface area (Å²) in [7, 11) is 0.